The molecule has 0 radical (unpaired) electrons. The molecule has 1 aromatic carbocycles. The molecule has 0 bridgehead atoms. The van der Waals surface area contributed by atoms with E-state index in [1.807, 2.05) is 30.5 Å². The Kier molecular flexibility index (Phi) is 3.44. The van der Waals surface area contributed by atoms with Crippen LogP contribution < -0.4 is 11.1 Å². The van der Waals surface area contributed by atoms with Crippen molar-refractivity contribution in [2.24, 2.45) is 5.73 Å². The second kappa shape index (κ2) is 5.38. The van der Waals surface area contributed by atoms with E-state index in [2.05, 4.69) is 33.9 Å². The van der Waals surface area contributed by atoms with Gasteiger partial charge in [0.2, 0.25) is 0 Å². The number of pyridine rings is 1. The van der Waals surface area contributed by atoms with E-state index in [0.29, 0.717) is 6.54 Å². The van der Waals surface area contributed by atoms with Gasteiger partial charge in [0.15, 0.2) is 0 Å². The maximum atomic E-state index is 5.88. The molecule has 0 saturated carbocycles. The van der Waals surface area contributed by atoms with Gasteiger partial charge in [0.25, 0.3) is 0 Å². The van der Waals surface area contributed by atoms with E-state index < -0.39 is 0 Å². The molecule has 3 nitrogen and oxygen atoms in total. The van der Waals surface area contributed by atoms with Gasteiger partial charge in [0.05, 0.1) is 6.04 Å². The summed E-state index contributed by atoms with van der Waals surface area (Å²) >= 11 is 1.72. The number of hydrogen-bond donors (Lipinski definition) is 2. The lowest BCUT2D eigenvalue weighted by Crippen LogP contribution is -2.21. The molecule has 0 amide bonds. The van der Waals surface area contributed by atoms with E-state index in [-0.39, 0.29) is 6.04 Å². The van der Waals surface area contributed by atoms with Crippen LogP contribution in [-0.4, -0.2) is 11.5 Å². The molecule has 0 saturated heterocycles. The third kappa shape index (κ3) is 2.45. The molecule has 0 aliphatic heterocycles. The minimum Gasteiger partial charge on any atom is -0.361 e. The zero-order valence-electron chi connectivity index (χ0n) is 10.4. The Balaban J connectivity index is 1.93. The van der Waals surface area contributed by atoms with Crippen molar-refractivity contribution >= 4 is 27.2 Å². The van der Waals surface area contributed by atoms with Crippen LogP contribution in [0.25, 0.3) is 10.1 Å². The minimum absolute atomic E-state index is 0.0826. The first-order valence-corrected chi connectivity index (χ1v) is 7.10. The predicted molar refractivity (Wildman–Crippen MR) is 81.5 cm³/mol. The average Bonchev–Trinajstić information content (AvgIpc) is 2.95. The zero-order valence-corrected chi connectivity index (χ0v) is 11.2. The van der Waals surface area contributed by atoms with Crippen LogP contribution in [0.3, 0.4) is 0 Å². The van der Waals surface area contributed by atoms with E-state index >= 15 is 0 Å². The molecule has 0 aliphatic rings. The summed E-state index contributed by atoms with van der Waals surface area (Å²) in [6.45, 7) is 0.534. The molecule has 0 spiro atoms. The van der Waals surface area contributed by atoms with Crippen molar-refractivity contribution in [1.82, 2.24) is 4.98 Å². The Morgan fingerprint density at radius 1 is 1.16 bits per heavy atom. The lowest BCUT2D eigenvalue weighted by atomic mass is 10.1. The Morgan fingerprint density at radius 3 is 2.79 bits per heavy atom. The van der Waals surface area contributed by atoms with Crippen LogP contribution in [0.15, 0.2) is 54.0 Å². The van der Waals surface area contributed by atoms with Gasteiger partial charge in [-0.2, -0.15) is 0 Å². The van der Waals surface area contributed by atoms with Crippen LogP contribution in [0, 0.1) is 0 Å². The van der Waals surface area contributed by atoms with Crippen LogP contribution >= 0.6 is 11.3 Å². The standard InChI is InChI=1S/C15H15N3S/c16-10-13(11-4-2-1-3-5-11)18-15-12-7-9-19-14(12)6-8-17-15/h1-9,13H,10,16H2,(H,17,18). The molecule has 1 unspecified atom stereocenters. The van der Waals surface area contributed by atoms with Crippen molar-refractivity contribution in [3.05, 3.63) is 59.6 Å². The highest BCUT2D eigenvalue weighted by molar-refractivity contribution is 7.17. The molecule has 4 heteroatoms. The average molecular weight is 269 g/mol. The fraction of sp³-hybridized carbons (Fsp3) is 0.133. The van der Waals surface area contributed by atoms with E-state index in [1.54, 1.807) is 11.3 Å². The van der Waals surface area contributed by atoms with Crippen molar-refractivity contribution in [1.29, 1.82) is 0 Å². The first-order chi connectivity index (χ1) is 9.38. The van der Waals surface area contributed by atoms with Gasteiger partial charge < -0.3 is 11.1 Å². The number of fused-ring (bicyclic) bond motifs is 1. The molecule has 19 heavy (non-hydrogen) atoms. The van der Waals surface area contributed by atoms with Gasteiger partial charge in [-0.3, -0.25) is 0 Å². The molecule has 3 aromatic rings. The predicted octanol–water partition coefficient (Wildman–Crippen LogP) is 3.41. The molecule has 2 heterocycles. The van der Waals surface area contributed by atoms with Crippen molar-refractivity contribution < 1.29 is 0 Å². The maximum absolute atomic E-state index is 5.88. The van der Waals surface area contributed by atoms with Crippen molar-refractivity contribution in [2.75, 3.05) is 11.9 Å². The van der Waals surface area contributed by atoms with Crippen molar-refractivity contribution in [3.8, 4) is 0 Å². The van der Waals surface area contributed by atoms with Crippen LogP contribution in [-0.2, 0) is 0 Å². The first-order valence-electron chi connectivity index (χ1n) is 6.22. The largest absolute Gasteiger partial charge is 0.361 e. The summed E-state index contributed by atoms with van der Waals surface area (Å²) < 4.78 is 1.24. The fourth-order valence-electron chi connectivity index (χ4n) is 2.14. The zero-order chi connectivity index (χ0) is 13.1. The van der Waals surface area contributed by atoms with E-state index in [9.17, 15) is 0 Å². The number of nitrogens with one attached hydrogen (secondary N) is 1. The number of nitrogens with two attached hydrogens (primary N) is 1. The molecule has 2 aromatic heterocycles. The van der Waals surface area contributed by atoms with Crippen LogP contribution in [0.1, 0.15) is 11.6 Å². The highest BCUT2D eigenvalue weighted by Crippen LogP contribution is 2.28. The summed E-state index contributed by atoms with van der Waals surface area (Å²) in [6, 6.07) is 14.4. The van der Waals surface area contributed by atoms with Gasteiger partial charge in [-0.15, -0.1) is 11.3 Å². The minimum atomic E-state index is 0.0826. The Bertz CT molecular complexity index is 663. The third-order valence-electron chi connectivity index (χ3n) is 3.13. The summed E-state index contributed by atoms with van der Waals surface area (Å²) in [6.07, 6.45) is 1.83. The highest BCUT2D eigenvalue weighted by Gasteiger charge is 2.11. The molecule has 0 aliphatic carbocycles. The topological polar surface area (TPSA) is 50.9 Å². The molecule has 1 atom stereocenters. The summed E-state index contributed by atoms with van der Waals surface area (Å²) in [4.78, 5) is 4.43. The first kappa shape index (κ1) is 12.1. The second-order valence-corrected chi connectivity index (χ2v) is 5.28. The number of anilines is 1. The van der Waals surface area contributed by atoms with Crippen molar-refractivity contribution in [2.45, 2.75) is 6.04 Å². The van der Waals surface area contributed by atoms with Gasteiger partial charge in [-0.05, 0) is 23.1 Å². The van der Waals surface area contributed by atoms with E-state index in [4.69, 9.17) is 5.73 Å². The van der Waals surface area contributed by atoms with E-state index in [1.165, 1.54) is 10.3 Å². The summed E-state index contributed by atoms with van der Waals surface area (Å²) in [5.74, 6) is 0.901. The van der Waals surface area contributed by atoms with Gasteiger partial charge in [0, 0.05) is 22.8 Å². The Labute approximate surface area is 116 Å². The Morgan fingerprint density at radius 2 is 2.00 bits per heavy atom. The van der Waals surface area contributed by atoms with Gasteiger partial charge >= 0.3 is 0 Å². The Hall–Kier alpha value is -1.91. The number of nitrogens with zero attached hydrogens (tertiary/aromatic N) is 1. The van der Waals surface area contributed by atoms with E-state index in [0.717, 1.165) is 11.2 Å². The smallest absolute Gasteiger partial charge is 0.135 e. The lowest BCUT2D eigenvalue weighted by Gasteiger charge is -2.18. The second-order valence-electron chi connectivity index (χ2n) is 4.34. The van der Waals surface area contributed by atoms with Gasteiger partial charge in [-0.25, -0.2) is 4.98 Å². The molecule has 96 valence electrons. The van der Waals surface area contributed by atoms with Crippen LogP contribution in [0.5, 0.6) is 0 Å². The number of benzene rings is 1. The van der Waals surface area contributed by atoms with Crippen LogP contribution in [0.4, 0.5) is 5.82 Å². The summed E-state index contributed by atoms with van der Waals surface area (Å²) in [5, 5.41) is 6.68. The number of aromatic nitrogens is 1. The fourth-order valence-corrected chi connectivity index (χ4v) is 2.92. The number of thiophene rings is 1. The molecular formula is C15H15N3S. The summed E-state index contributed by atoms with van der Waals surface area (Å²) in [7, 11) is 0. The molecular weight excluding hydrogens is 254 g/mol. The molecule has 3 N–H and O–H groups in total. The SMILES string of the molecule is NCC(Nc1nccc2sccc12)c1ccccc1. The van der Waals surface area contributed by atoms with Gasteiger partial charge in [-0.1, -0.05) is 30.3 Å². The highest BCUT2D eigenvalue weighted by atomic mass is 32.1. The van der Waals surface area contributed by atoms with Crippen molar-refractivity contribution in [3.63, 3.8) is 0 Å². The quantitative estimate of drug-likeness (QED) is 0.763. The van der Waals surface area contributed by atoms with Gasteiger partial charge in [0.1, 0.15) is 5.82 Å². The monoisotopic (exact) mass is 269 g/mol. The third-order valence-corrected chi connectivity index (χ3v) is 4.01. The number of hydrogen-bond acceptors (Lipinski definition) is 4. The summed E-state index contributed by atoms with van der Waals surface area (Å²) in [5.41, 5.74) is 7.06. The van der Waals surface area contributed by atoms with Crippen LogP contribution in [0.2, 0.25) is 0 Å². The maximum Gasteiger partial charge on any atom is 0.135 e. The molecule has 3 rings (SSSR count). The number of rotatable bonds is 4. The lowest BCUT2D eigenvalue weighted by molar-refractivity contribution is 0.786. The molecule has 0 fully saturated rings. The normalized spacial score (nSPS) is 12.5.